The monoisotopic (exact) mass is 446 g/mol. The van der Waals surface area contributed by atoms with Crippen LogP contribution in [0, 0.1) is 0 Å². The minimum atomic E-state index is -0.192. The van der Waals surface area contributed by atoms with Gasteiger partial charge in [-0.1, -0.05) is 29.5 Å². The van der Waals surface area contributed by atoms with Crippen LogP contribution in [0.15, 0.2) is 55.0 Å². The minimum Gasteiger partial charge on any atom is -0.493 e. The van der Waals surface area contributed by atoms with E-state index in [9.17, 15) is 4.79 Å². The van der Waals surface area contributed by atoms with Crippen molar-refractivity contribution in [3.8, 4) is 11.5 Å². The number of ether oxygens (including phenoxy) is 2. The lowest BCUT2D eigenvalue weighted by Crippen LogP contribution is -2.10. The lowest BCUT2D eigenvalue weighted by Gasteiger charge is -2.07. The summed E-state index contributed by atoms with van der Waals surface area (Å²) in [5.74, 6) is 1.62. The van der Waals surface area contributed by atoms with Crippen molar-refractivity contribution in [2.45, 2.75) is 0 Å². The van der Waals surface area contributed by atoms with Crippen molar-refractivity contribution in [3.63, 3.8) is 0 Å². The number of thiazole rings is 1. The van der Waals surface area contributed by atoms with Crippen LogP contribution in [0.2, 0.25) is 0 Å². The van der Waals surface area contributed by atoms with Gasteiger partial charge in [-0.2, -0.15) is 0 Å². The molecule has 0 atom stereocenters. The highest BCUT2D eigenvalue weighted by Gasteiger charge is 2.16. The number of rotatable bonds is 6. The normalized spacial score (nSPS) is 10.9. The summed E-state index contributed by atoms with van der Waals surface area (Å²) in [4.78, 5) is 28.8. The number of amides is 1. The van der Waals surface area contributed by atoms with Gasteiger partial charge in [-0.3, -0.25) is 4.79 Å². The molecule has 160 valence electrons. The SMILES string of the molecule is COc1cc2[nH]c3ncnc(Nc4ncc(NC(=O)c5ccccc5)s4)c3c2cc1OC. The fourth-order valence-corrected chi connectivity index (χ4v) is 4.12. The Morgan fingerprint density at radius 1 is 1.03 bits per heavy atom. The van der Waals surface area contributed by atoms with Crippen LogP contribution in [0.1, 0.15) is 10.4 Å². The van der Waals surface area contributed by atoms with Crippen LogP contribution >= 0.6 is 11.3 Å². The quantitative estimate of drug-likeness (QED) is 0.350. The Hall–Kier alpha value is -4.18. The first-order valence-electron chi connectivity index (χ1n) is 9.64. The largest absolute Gasteiger partial charge is 0.493 e. The van der Waals surface area contributed by atoms with Gasteiger partial charge < -0.3 is 25.1 Å². The summed E-state index contributed by atoms with van der Waals surface area (Å²) in [7, 11) is 3.19. The molecule has 0 fully saturated rings. The van der Waals surface area contributed by atoms with E-state index in [1.807, 2.05) is 30.3 Å². The third kappa shape index (κ3) is 3.56. The molecule has 0 aliphatic carbocycles. The molecule has 3 aromatic heterocycles. The number of benzene rings is 2. The van der Waals surface area contributed by atoms with Gasteiger partial charge in [0.25, 0.3) is 5.91 Å². The van der Waals surface area contributed by atoms with Gasteiger partial charge in [0.1, 0.15) is 22.8 Å². The predicted molar refractivity (Wildman–Crippen MR) is 124 cm³/mol. The van der Waals surface area contributed by atoms with Crippen LogP contribution in [0.5, 0.6) is 11.5 Å². The van der Waals surface area contributed by atoms with Crippen LogP contribution < -0.4 is 20.1 Å². The van der Waals surface area contributed by atoms with Gasteiger partial charge in [0.05, 0.1) is 31.3 Å². The number of hydrogen-bond donors (Lipinski definition) is 3. The molecule has 0 unspecified atom stereocenters. The zero-order valence-electron chi connectivity index (χ0n) is 17.2. The van der Waals surface area contributed by atoms with E-state index in [0.717, 1.165) is 16.3 Å². The lowest BCUT2D eigenvalue weighted by atomic mass is 10.2. The average Bonchev–Trinajstić information content (AvgIpc) is 3.42. The highest BCUT2D eigenvalue weighted by Crippen LogP contribution is 2.38. The van der Waals surface area contributed by atoms with Crippen LogP contribution in [-0.2, 0) is 0 Å². The van der Waals surface area contributed by atoms with E-state index in [-0.39, 0.29) is 5.91 Å². The standard InChI is InChI=1S/C22H18N6O3S/c1-30-15-8-13-14(9-16(15)31-2)26-19-18(13)20(25-11-24-19)28-22-23-10-17(32-22)27-21(29)12-6-4-3-5-7-12/h3-11H,1-2H3,(H,27,29)(H2,23,24,25,26,28). The first-order chi connectivity index (χ1) is 15.7. The molecule has 3 N–H and O–H groups in total. The molecule has 0 bridgehead atoms. The second-order valence-electron chi connectivity index (χ2n) is 6.80. The lowest BCUT2D eigenvalue weighted by molar-refractivity contribution is 0.102. The Kier molecular flexibility index (Phi) is 5.04. The molecule has 9 nitrogen and oxygen atoms in total. The number of methoxy groups -OCH3 is 2. The van der Waals surface area contributed by atoms with E-state index in [4.69, 9.17) is 9.47 Å². The molecule has 32 heavy (non-hydrogen) atoms. The highest BCUT2D eigenvalue weighted by molar-refractivity contribution is 7.19. The first kappa shape index (κ1) is 19.8. The van der Waals surface area contributed by atoms with E-state index in [1.165, 1.54) is 17.7 Å². The second kappa shape index (κ2) is 8.16. The molecule has 0 saturated carbocycles. The fraction of sp³-hybridized carbons (Fsp3) is 0.0909. The molecule has 5 rings (SSSR count). The zero-order chi connectivity index (χ0) is 22.1. The average molecular weight is 446 g/mol. The molecule has 0 aliphatic rings. The van der Waals surface area contributed by atoms with Crippen molar-refractivity contribution >= 4 is 55.1 Å². The van der Waals surface area contributed by atoms with Gasteiger partial charge in [0.2, 0.25) is 0 Å². The molecule has 10 heteroatoms. The molecular weight excluding hydrogens is 428 g/mol. The molecule has 0 spiro atoms. The molecule has 2 aromatic carbocycles. The summed E-state index contributed by atoms with van der Waals surface area (Å²) in [6.45, 7) is 0. The third-order valence-electron chi connectivity index (χ3n) is 4.90. The van der Waals surface area contributed by atoms with Crippen molar-refractivity contribution < 1.29 is 14.3 Å². The molecule has 1 amide bonds. The number of nitrogens with one attached hydrogen (secondary N) is 3. The minimum absolute atomic E-state index is 0.192. The smallest absolute Gasteiger partial charge is 0.256 e. The molecule has 0 saturated heterocycles. The number of nitrogens with zero attached hydrogens (tertiary/aromatic N) is 3. The predicted octanol–water partition coefficient (Wildman–Crippen LogP) is 4.58. The van der Waals surface area contributed by atoms with E-state index in [0.29, 0.717) is 38.7 Å². The van der Waals surface area contributed by atoms with E-state index in [2.05, 4.69) is 30.6 Å². The summed E-state index contributed by atoms with van der Waals surface area (Å²) < 4.78 is 10.8. The number of H-pyrrole nitrogens is 1. The van der Waals surface area contributed by atoms with Crippen molar-refractivity contribution in [2.75, 3.05) is 24.9 Å². The number of aromatic amines is 1. The van der Waals surface area contributed by atoms with Gasteiger partial charge in [0.15, 0.2) is 16.6 Å². The number of anilines is 3. The van der Waals surface area contributed by atoms with Crippen molar-refractivity contribution in [1.82, 2.24) is 19.9 Å². The van der Waals surface area contributed by atoms with Crippen molar-refractivity contribution in [3.05, 3.63) is 60.6 Å². The third-order valence-corrected chi connectivity index (χ3v) is 5.73. The van der Waals surface area contributed by atoms with Crippen LogP contribution in [0.25, 0.3) is 21.9 Å². The fourth-order valence-electron chi connectivity index (χ4n) is 3.41. The maximum absolute atomic E-state index is 12.4. The van der Waals surface area contributed by atoms with Gasteiger partial charge in [-0.25, -0.2) is 15.0 Å². The Morgan fingerprint density at radius 2 is 1.81 bits per heavy atom. The van der Waals surface area contributed by atoms with Gasteiger partial charge in [-0.15, -0.1) is 0 Å². The Labute approximate surface area is 186 Å². The maximum atomic E-state index is 12.4. The first-order valence-corrected chi connectivity index (χ1v) is 10.5. The summed E-state index contributed by atoms with van der Waals surface area (Å²) in [5, 5.41) is 8.99. The van der Waals surface area contributed by atoms with Crippen molar-refractivity contribution in [2.24, 2.45) is 0 Å². The number of aromatic nitrogens is 4. The topological polar surface area (TPSA) is 114 Å². The summed E-state index contributed by atoms with van der Waals surface area (Å²) in [6.07, 6.45) is 3.08. The number of fused-ring (bicyclic) bond motifs is 3. The van der Waals surface area contributed by atoms with E-state index >= 15 is 0 Å². The summed E-state index contributed by atoms with van der Waals surface area (Å²) >= 11 is 1.31. The Balaban J connectivity index is 1.46. The molecule has 0 radical (unpaired) electrons. The summed E-state index contributed by atoms with van der Waals surface area (Å²) in [5.41, 5.74) is 2.09. The number of carbonyl (C=O) groups is 1. The maximum Gasteiger partial charge on any atom is 0.256 e. The Bertz CT molecular complexity index is 1430. The Morgan fingerprint density at radius 3 is 2.59 bits per heavy atom. The van der Waals surface area contributed by atoms with Gasteiger partial charge >= 0.3 is 0 Å². The molecular formula is C22H18N6O3S. The highest BCUT2D eigenvalue weighted by atomic mass is 32.1. The van der Waals surface area contributed by atoms with E-state index < -0.39 is 0 Å². The van der Waals surface area contributed by atoms with Crippen molar-refractivity contribution in [1.29, 1.82) is 0 Å². The number of carbonyl (C=O) groups excluding carboxylic acids is 1. The van der Waals surface area contributed by atoms with E-state index in [1.54, 1.807) is 32.5 Å². The van der Waals surface area contributed by atoms with Gasteiger partial charge in [-0.05, 0) is 18.2 Å². The second-order valence-corrected chi connectivity index (χ2v) is 7.83. The molecule has 0 aliphatic heterocycles. The van der Waals surface area contributed by atoms with Crippen LogP contribution in [0.3, 0.4) is 0 Å². The van der Waals surface area contributed by atoms with Crippen LogP contribution in [0.4, 0.5) is 16.0 Å². The number of hydrogen-bond acceptors (Lipinski definition) is 8. The zero-order valence-corrected chi connectivity index (χ0v) is 18.0. The van der Waals surface area contributed by atoms with Crippen LogP contribution in [-0.4, -0.2) is 40.1 Å². The summed E-state index contributed by atoms with van der Waals surface area (Å²) in [6, 6.07) is 12.8. The molecule has 5 aromatic rings. The molecule has 3 heterocycles. The van der Waals surface area contributed by atoms with Gasteiger partial charge in [0, 0.05) is 17.0 Å².